The number of benzene rings is 1. The Morgan fingerprint density at radius 1 is 1.19 bits per heavy atom. The molecule has 1 atom stereocenters. The van der Waals surface area contributed by atoms with Crippen LogP contribution in [-0.2, 0) is 4.79 Å². The number of piperidine rings is 1. The van der Waals surface area contributed by atoms with Crippen LogP contribution in [0.4, 0.5) is 10.1 Å². The summed E-state index contributed by atoms with van der Waals surface area (Å²) in [5, 5.41) is 18.7. The normalized spacial score (nSPS) is 31.4. The molecular formula is C21H26FN3O2. The van der Waals surface area contributed by atoms with E-state index < -0.39 is 5.82 Å². The Morgan fingerprint density at radius 2 is 1.96 bits per heavy atom. The molecule has 0 aromatic heterocycles. The Balaban J connectivity index is 1.50. The van der Waals surface area contributed by atoms with Crippen LogP contribution in [0.1, 0.15) is 50.5 Å². The minimum absolute atomic E-state index is 0.0491. The molecule has 3 aliphatic rings. The van der Waals surface area contributed by atoms with Crippen LogP contribution in [0.5, 0.6) is 0 Å². The number of hydrogen-bond donors (Lipinski definition) is 1. The minimum Gasteiger partial charge on any atom is -0.393 e. The van der Waals surface area contributed by atoms with Crippen LogP contribution in [0.25, 0.3) is 0 Å². The highest BCUT2D eigenvalue weighted by molar-refractivity contribution is 5.86. The Labute approximate surface area is 159 Å². The summed E-state index contributed by atoms with van der Waals surface area (Å²) in [5.41, 5.74) is 0.421. The highest BCUT2D eigenvalue weighted by Crippen LogP contribution is 2.43. The van der Waals surface area contributed by atoms with Gasteiger partial charge in [-0.3, -0.25) is 4.79 Å². The lowest BCUT2D eigenvalue weighted by molar-refractivity contribution is -0.139. The second-order valence-corrected chi connectivity index (χ2v) is 8.29. The van der Waals surface area contributed by atoms with Crippen molar-refractivity contribution in [2.75, 3.05) is 24.5 Å². The highest BCUT2D eigenvalue weighted by atomic mass is 19.1. The van der Waals surface area contributed by atoms with E-state index in [0.717, 1.165) is 63.7 Å². The predicted octanol–water partition coefficient (Wildman–Crippen LogP) is 2.82. The number of likely N-dealkylation sites (tertiary alicyclic amines) is 1. The van der Waals surface area contributed by atoms with Gasteiger partial charge in [0, 0.05) is 31.4 Å². The molecule has 2 heterocycles. The number of carbonyl (C=O) groups is 1. The summed E-state index contributed by atoms with van der Waals surface area (Å²) in [6, 6.07) is 6.82. The monoisotopic (exact) mass is 371 g/mol. The molecule has 1 amide bonds. The van der Waals surface area contributed by atoms with Crippen molar-refractivity contribution < 1.29 is 14.3 Å². The molecule has 0 bridgehead atoms. The third-order valence-electron chi connectivity index (χ3n) is 6.67. The van der Waals surface area contributed by atoms with E-state index in [1.807, 2.05) is 6.07 Å². The zero-order chi connectivity index (χ0) is 19.0. The Morgan fingerprint density at radius 3 is 2.67 bits per heavy atom. The van der Waals surface area contributed by atoms with Gasteiger partial charge in [-0.25, -0.2) is 4.39 Å². The van der Waals surface area contributed by atoms with Gasteiger partial charge in [0.25, 0.3) is 0 Å². The molecule has 1 aromatic carbocycles. The Bertz CT molecular complexity index is 769. The third kappa shape index (κ3) is 3.29. The SMILES string of the molecule is N#Cc1ccc(N2CCC[C@]3(CCN(C4CCC(O)CC4)C3=O)C2)cc1F. The van der Waals surface area contributed by atoms with E-state index in [2.05, 4.69) is 9.80 Å². The van der Waals surface area contributed by atoms with E-state index in [1.165, 1.54) is 12.1 Å². The summed E-state index contributed by atoms with van der Waals surface area (Å²) >= 11 is 0. The second-order valence-electron chi connectivity index (χ2n) is 8.29. The van der Waals surface area contributed by atoms with Gasteiger partial charge < -0.3 is 14.9 Å². The summed E-state index contributed by atoms with van der Waals surface area (Å²) in [5.74, 6) is -0.266. The molecule has 5 nitrogen and oxygen atoms in total. The molecule has 1 saturated carbocycles. The summed E-state index contributed by atoms with van der Waals surface area (Å²) in [7, 11) is 0. The van der Waals surface area contributed by atoms with E-state index in [1.54, 1.807) is 6.07 Å². The van der Waals surface area contributed by atoms with Crippen LogP contribution in [-0.4, -0.2) is 47.7 Å². The van der Waals surface area contributed by atoms with Crippen LogP contribution in [0.15, 0.2) is 18.2 Å². The number of halogens is 1. The van der Waals surface area contributed by atoms with Gasteiger partial charge in [0.15, 0.2) is 0 Å². The number of nitrogens with zero attached hydrogens (tertiary/aromatic N) is 3. The van der Waals surface area contributed by atoms with Gasteiger partial charge in [0.05, 0.1) is 17.1 Å². The van der Waals surface area contributed by atoms with Crippen LogP contribution < -0.4 is 4.90 Å². The first-order valence-corrected chi connectivity index (χ1v) is 9.96. The molecule has 27 heavy (non-hydrogen) atoms. The van der Waals surface area contributed by atoms with E-state index in [0.29, 0.717) is 6.54 Å². The molecule has 1 N–H and O–H groups in total. The van der Waals surface area contributed by atoms with Crippen LogP contribution >= 0.6 is 0 Å². The van der Waals surface area contributed by atoms with Gasteiger partial charge >= 0.3 is 0 Å². The van der Waals surface area contributed by atoms with Crippen LogP contribution in [0.2, 0.25) is 0 Å². The molecule has 0 radical (unpaired) electrons. The highest BCUT2D eigenvalue weighted by Gasteiger charge is 2.50. The average Bonchev–Trinajstić information content (AvgIpc) is 2.98. The molecule has 2 aliphatic heterocycles. The zero-order valence-electron chi connectivity index (χ0n) is 15.5. The van der Waals surface area contributed by atoms with Crippen LogP contribution in [0.3, 0.4) is 0 Å². The molecule has 3 fully saturated rings. The first kappa shape index (κ1) is 18.2. The summed E-state index contributed by atoms with van der Waals surface area (Å²) in [6.45, 7) is 2.20. The molecular weight excluding hydrogens is 345 g/mol. The maximum atomic E-state index is 14.0. The van der Waals surface area contributed by atoms with Crippen molar-refractivity contribution in [3.63, 3.8) is 0 Å². The summed E-state index contributed by atoms with van der Waals surface area (Å²) < 4.78 is 14.0. The molecule has 2 saturated heterocycles. The van der Waals surface area contributed by atoms with Gasteiger partial charge in [0.1, 0.15) is 11.9 Å². The molecule has 1 aliphatic carbocycles. The molecule has 0 unspecified atom stereocenters. The van der Waals surface area contributed by atoms with E-state index >= 15 is 0 Å². The van der Waals surface area contributed by atoms with E-state index in [9.17, 15) is 14.3 Å². The first-order valence-electron chi connectivity index (χ1n) is 9.96. The quantitative estimate of drug-likeness (QED) is 0.868. The largest absolute Gasteiger partial charge is 0.393 e. The molecule has 144 valence electrons. The maximum Gasteiger partial charge on any atom is 0.230 e. The Hall–Kier alpha value is -2.13. The van der Waals surface area contributed by atoms with Crippen molar-refractivity contribution in [1.29, 1.82) is 5.26 Å². The third-order valence-corrected chi connectivity index (χ3v) is 6.67. The fourth-order valence-corrected chi connectivity index (χ4v) is 5.09. The molecule has 6 heteroatoms. The summed E-state index contributed by atoms with van der Waals surface area (Å²) in [6.07, 6.45) is 5.74. The fourth-order valence-electron chi connectivity index (χ4n) is 5.09. The number of anilines is 1. The van der Waals surface area contributed by atoms with Crippen molar-refractivity contribution in [2.45, 2.75) is 57.1 Å². The van der Waals surface area contributed by atoms with Gasteiger partial charge in [0.2, 0.25) is 5.91 Å². The molecule has 4 rings (SSSR count). The van der Waals surface area contributed by atoms with Crippen molar-refractivity contribution in [3.8, 4) is 6.07 Å². The van der Waals surface area contributed by atoms with Crippen LogP contribution in [0, 0.1) is 22.6 Å². The van der Waals surface area contributed by atoms with E-state index in [-0.39, 0.29) is 29.0 Å². The molecule has 1 spiro atoms. The smallest absolute Gasteiger partial charge is 0.230 e. The lowest BCUT2D eigenvalue weighted by atomic mass is 9.78. The van der Waals surface area contributed by atoms with Gasteiger partial charge in [-0.05, 0) is 63.1 Å². The second kappa shape index (κ2) is 7.12. The number of rotatable bonds is 2. The van der Waals surface area contributed by atoms with Gasteiger partial charge in [-0.2, -0.15) is 5.26 Å². The lowest BCUT2D eigenvalue weighted by Crippen LogP contribution is -2.50. The predicted molar refractivity (Wildman–Crippen MR) is 99.6 cm³/mol. The number of amides is 1. The number of aliphatic hydroxyl groups excluding tert-OH is 1. The number of hydrogen-bond acceptors (Lipinski definition) is 4. The van der Waals surface area contributed by atoms with Crippen molar-refractivity contribution in [1.82, 2.24) is 4.90 Å². The van der Waals surface area contributed by atoms with Gasteiger partial charge in [-0.1, -0.05) is 0 Å². The lowest BCUT2D eigenvalue weighted by Gasteiger charge is -2.41. The first-order chi connectivity index (χ1) is 13.0. The summed E-state index contributed by atoms with van der Waals surface area (Å²) in [4.78, 5) is 17.5. The average molecular weight is 371 g/mol. The van der Waals surface area contributed by atoms with Crippen molar-refractivity contribution >= 4 is 11.6 Å². The van der Waals surface area contributed by atoms with Crippen molar-refractivity contribution in [3.05, 3.63) is 29.6 Å². The standard InChI is InChI=1S/C21H26FN3O2/c22-19-12-17(3-2-15(19)13-23)24-10-1-8-21(14-24)9-11-25(20(21)27)16-4-6-18(26)7-5-16/h2-3,12,16,18,26H,1,4-11,14H2/t16?,18?,21-/m0/s1. The van der Waals surface area contributed by atoms with Crippen molar-refractivity contribution in [2.24, 2.45) is 5.41 Å². The number of nitriles is 1. The maximum absolute atomic E-state index is 14.0. The topological polar surface area (TPSA) is 67.6 Å². The minimum atomic E-state index is -0.505. The number of aliphatic hydroxyl groups is 1. The molecule has 1 aromatic rings. The fraction of sp³-hybridized carbons (Fsp3) is 0.619. The van der Waals surface area contributed by atoms with Gasteiger partial charge in [-0.15, -0.1) is 0 Å². The number of carbonyl (C=O) groups excluding carboxylic acids is 1. The van der Waals surface area contributed by atoms with E-state index in [4.69, 9.17) is 5.26 Å². The zero-order valence-corrected chi connectivity index (χ0v) is 15.5. The Kier molecular flexibility index (Phi) is 4.81.